The minimum atomic E-state index is 0.0988. The van der Waals surface area contributed by atoms with Crippen LogP contribution in [-0.4, -0.2) is 49.3 Å². The topological polar surface area (TPSA) is 64.3 Å². The summed E-state index contributed by atoms with van der Waals surface area (Å²) in [6.07, 6.45) is 0.0988. The zero-order valence-corrected chi connectivity index (χ0v) is 11.5. The lowest BCUT2D eigenvalue weighted by Crippen LogP contribution is -2.26. The van der Waals surface area contributed by atoms with Crippen molar-refractivity contribution in [2.45, 2.75) is 17.4 Å². The van der Waals surface area contributed by atoms with Crippen molar-refractivity contribution >= 4 is 28.2 Å². The van der Waals surface area contributed by atoms with E-state index in [1.165, 1.54) is 0 Å². The van der Waals surface area contributed by atoms with Crippen molar-refractivity contribution in [3.63, 3.8) is 0 Å². The van der Waals surface area contributed by atoms with E-state index < -0.39 is 0 Å². The maximum atomic E-state index is 5.60. The first-order valence-corrected chi connectivity index (χ1v) is 6.92. The molecule has 0 saturated carbocycles. The van der Waals surface area contributed by atoms with E-state index in [2.05, 4.69) is 10.2 Å². The third kappa shape index (κ3) is 4.25. The lowest BCUT2D eigenvalue weighted by molar-refractivity contribution is 0.0858. The van der Waals surface area contributed by atoms with Gasteiger partial charge in [0.25, 0.3) is 0 Å². The molecule has 92 valence electrons. The highest BCUT2D eigenvalue weighted by Crippen LogP contribution is 2.27. The molecule has 0 bridgehead atoms. The smallest absolute Gasteiger partial charge is 0.208 e. The van der Waals surface area contributed by atoms with E-state index in [4.69, 9.17) is 10.5 Å². The summed E-state index contributed by atoms with van der Waals surface area (Å²) in [7, 11) is 3.91. The second-order valence-corrected chi connectivity index (χ2v) is 5.59. The second-order valence-electron chi connectivity index (χ2n) is 3.37. The fourth-order valence-corrected chi connectivity index (χ4v) is 2.85. The first-order valence-electron chi connectivity index (χ1n) is 5.12. The first-order chi connectivity index (χ1) is 7.67. The van der Waals surface area contributed by atoms with Crippen LogP contribution in [0, 0.1) is 0 Å². The van der Waals surface area contributed by atoms with Crippen molar-refractivity contribution in [2.75, 3.05) is 37.9 Å². The standard InChI is InChI=1S/C9H18N4OS2/c1-4-14-7(5-10)6-15-9-12-11-8(16-9)13(2)3/h7H,4-6,10H2,1-3H3. The summed E-state index contributed by atoms with van der Waals surface area (Å²) in [5.74, 6) is 0.826. The van der Waals surface area contributed by atoms with Gasteiger partial charge >= 0.3 is 0 Å². The number of nitrogens with two attached hydrogens (primary N) is 1. The van der Waals surface area contributed by atoms with Gasteiger partial charge in [-0.3, -0.25) is 0 Å². The molecule has 0 spiro atoms. The molecule has 5 nitrogen and oxygen atoms in total. The van der Waals surface area contributed by atoms with Crippen LogP contribution < -0.4 is 10.6 Å². The summed E-state index contributed by atoms with van der Waals surface area (Å²) in [6.45, 7) is 3.21. The second kappa shape index (κ2) is 7.05. The molecule has 0 aliphatic heterocycles. The summed E-state index contributed by atoms with van der Waals surface area (Å²) >= 11 is 3.23. The highest BCUT2D eigenvalue weighted by Gasteiger charge is 2.10. The fourth-order valence-electron chi connectivity index (χ4n) is 1.03. The van der Waals surface area contributed by atoms with Gasteiger partial charge in [0.15, 0.2) is 4.34 Å². The summed E-state index contributed by atoms with van der Waals surface area (Å²) in [6, 6.07) is 0. The van der Waals surface area contributed by atoms with Crippen LogP contribution in [-0.2, 0) is 4.74 Å². The van der Waals surface area contributed by atoms with E-state index in [1.807, 2.05) is 25.9 Å². The van der Waals surface area contributed by atoms with Crippen molar-refractivity contribution in [2.24, 2.45) is 5.73 Å². The summed E-state index contributed by atoms with van der Waals surface area (Å²) in [5.41, 5.74) is 5.60. The van der Waals surface area contributed by atoms with E-state index in [0.717, 1.165) is 15.2 Å². The SMILES string of the molecule is CCOC(CN)CSc1nnc(N(C)C)s1. The Morgan fingerprint density at radius 3 is 2.75 bits per heavy atom. The molecular formula is C9H18N4OS2. The van der Waals surface area contributed by atoms with Crippen molar-refractivity contribution in [1.29, 1.82) is 0 Å². The number of thioether (sulfide) groups is 1. The van der Waals surface area contributed by atoms with E-state index in [0.29, 0.717) is 13.2 Å². The van der Waals surface area contributed by atoms with Crippen LogP contribution in [0.2, 0.25) is 0 Å². The fraction of sp³-hybridized carbons (Fsp3) is 0.778. The number of nitrogens with zero attached hydrogens (tertiary/aromatic N) is 3. The number of rotatable bonds is 7. The molecule has 0 aliphatic carbocycles. The predicted octanol–water partition coefficient (Wildman–Crippen LogP) is 1.06. The first kappa shape index (κ1) is 13.7. The Morgan fingerprint density at radius 2 is 2.25 bits per heavy atom. The quantitative estimate of drug-likeness (QED) is 0.741. The average Bonchev–Trinajstić information content (AvgIpc) is 2.73. The molecule has 1 aromatic heterocycles. The highest BCUT2D eigenvalue weighted by atomic mass is 32.2. The largest absolute Gasteiger partial charge is 0.376 e. The van der Waals surface area contributed by atoms with Gasteiger partial charge in [0.2, 0.25) is 5.13 Å². The highest BCUT2D eigenvalue weighted by molar-refractivity contribution is 8.01. The van der Waals surface area contributed by atoms with Crippen LogP contribution in [0.4, 0.5) is 5.13 Å². The number of aromatic nitrogens is 2. The van der Waals surface area contributed by atoms with E-state index in [9.17, 15) is 0 Å². The Kier molecular flexibility index (Phi) is 6.04. The maximum Gasteiger partial charge on any atom is 0.208 e. The summed E-state index contributed by atoms with van der Waals surface area (Å²) in [5, 5.41) is 9.08. The average molecular weight is 262 g/mol. The summed E-state index contributed by atoms with van der Waals surface area (Å²) < 4.78 is 6.43. The van der Waals surface area contributed by atoms with Gasteiger partial charge in [-0.2, -0.15) is 0 Å². The van der Waals surface area contributed by atoms with Gasteiger partial charge in [0.1, 0.15) is 0 Å². The molecule has 0 aromatic carbocycles. The van der Waals surface area contributed by atoms with Crippen molar-refractivity contribution < 1.29 is 4.74 Å². The zero-order valence-electron chi connectivity index (χ0n) is 9.84. The molecule has 0 saturated heterocycles. The van der Waals surface area contributed by atoms with E-state index in [1.54, 1.807) is 23.1 Å². The molecule has 2 N–H and O–H groups in total. The third-order valence-corrected chi connectivity index (χ3v) is 4.19. The molecule has 1 heterocycles. The van der Waals surface area contributed by atoms with Gasteiger partial charge in [-0.05, 0) is 6.92 Å². The molecule has 0 amide bonds. The van der Waals surface area contributed by atoms with Gasteiger partial charge in [-0.1, -0.05) is 23.1 Å². The Labute approximate surface area is 104 Å². The Morgan fingerprint density at radius 1 is 1.50 bits per heavy atom. The van der Waals surface area contributed by atoms with Crippen molar-refractivity contribution in [3.8, 4) is 0 Å². The molecule has 0 fully saturated rings. The van der Waals surface area contributed by atoms with Crippen LogP contribution in [0.15, 0.2) is 4.34 Å². The lowest BCUT2D eigenvalue weighted by atomic mass is 10.4. The molecule has 1 rings (SSSR count). The van der Waals surface area contributed by atoms with Gasteiger partial charge < -0.3 is 15.4 Å². The molecule has 1 unspecified atom stereocenters. The molecule has 0 aliphatic rings. The number of hydrogen-bond donors (Lipinski definition) is 1. The van der Waals surface area contributed by atoms with Crippen LogP contribution in [0.1, 0.15) is 6.92 Å². The van der Waals surface area contributed by atoms with Gasteiger partial charge in [-0.25, -0.2) is 0 Å². The van der Waals surface area contributed by atoms with E-state index >= 15 is 0 Å². The minimum absolute atomic E-state index is 0.0988. The molecule has 16 heavy (non-hydrogen) atoms. The van der Waals surface area contributed by atoms with Gasteiger partial charge in [0.05, 0.1) is 6.10 Å². The molecule has 1 atom stereocenters. The van der Waals surface area contributed by atoms with Gasteiger partial charge in [-0.15, -0.1) is 10.2 Å². The van der Waals surface area contributed by atoms with Crippen molar-refractivity contribution in [1.82, 2.24) is 10.2 Å². The Bertz CT molecular complexity index is 305. The lowest BCUT2D eigenvalue weighted by Gasteiger charge is -2.12. The van der Waals surface area contributed by atoms with Crippen molar-refractivity contribution in [3.05, 3.63) is 0 Å². The Balaban J connectivity index is 2.41. The molecule has 0 radical (unpaired) electrons. The predicted molar refractivity (Wildman–Crippen MR) is 69.4 cm³/mol. The normalized spacial score (nSPS) is 12.8. The van der Waals surface area contributed by atoms with E-state index in [-0.39, 0.29) is 6.10 Å². The van der Waals surface area contributed by atoms with Crippen LogP contribution in [0.5, 0.6) is 0 Å². The Hall–Kier alpha value is -0.370. The molecular weight excluding hydrogens is 244 g/mol. The summed E-state index contributed by atoms with van der Waals surface area (Å²) in [4.78, 5) is 1.95. The molecule has 1 aromatic rings. The maximum absolute atomic E-state index is 5.60. The minimum Gasteiger partial charge on any atom is -0.376 e. The van der Waals surface area contributed by atoms with Gasteiger partial charge in [0, 0.05) is 33.0 Å². The zero-order chi connectivity index (χ0) is 12.0. The number of anilines is 1. The monoisotopic (exact) mass is 262 g/mol. The van der Waals surface area contributed by atoms with Crippen LogP contribution in [0.25, 0.3) is 0 Å². The third-order valence-electron chi connectivity index (χ3n) is 1.84. The molecule has 7 heteroatoms. The van der Waals surface area contributed by atoms with Crippen LogP contribution in [0.3, 0.4) is 0 Å². The van der Waals surface area contributed by atoms with Crippen LogP contribution >= 0.6 is 23.1 Å². The number of hydrogen-bond acceptors (Lipinski definition) is 7. The number of ether oxygens (including phenoxy) is 1.